The Balaban J connectivity index is 2.20. The second-order valence-electron chi connectivity index (χ2n) is 3.57. The summed E-state index contributed by atoms with van der Waals surface area (Å²) < 4.78 is 41.1. The van der Waals surface area contributed by atoms with E-state index in [1.165, 1.54) is 11.9 Å². The molecule has 2 nitrogen and oxygen atoms in total. The van der Waals surface area contributed by atoms with E-state index in [1.54, 1.807) is 0 Å². The van der Waals surface area contributed by atoms with E-state index in [1.807, 2.05) is 0 Å². The lowest BCUT2D eigenvalue weighted by Gasteiger charge is -2.25. The molecule has 1 fully saturated rings. The molecule has 0 aromatic heterocycles. The van der Waals surface area contributed by atoms with Crippen molar-refractivity contribution in [2.75, 3.05) is 26.6 Å². The van der Waals surface area contributed by atoms with Gasteiger partial charge in [0.25, 0.3) is 0 Å². The number of halogens is 3. The third kappa shape index (κ3) is 4.52. The minimum Gasteiger partial charge on any atom is -0.448 e. The molecule has 1 rings (SSSR count). The summed E-state index contributed by atoms with van der Waals surface area (Å²) in [7, 11) is 1.48. The first-order valence-corrected chi connectivity index (χ1v) is 4.48. The van der Waals surface area contributed by atoms with Crippen molar-refractivity contribution in [3.8, 4) is 0 Å². The summed E-state index contributed by atoms with van der Waals surface area (Å²) in [4.78, 5) is 1.29. The largest absolute Gasteiger partial charge is 0.492 e. The lowest BCUT2D eigenvalue weighted by molar-refractivity contribution is 0.0836. The lowest BCUT2D eigenvalue weighted by Crippen LogP contribution is -2.39. The molecule has 78 valence electrons. The van der Waals surface area contributed by atoms with Crippen LogP contribution in [-0.2, 0) is 4.74 Å². The second kappa shape index (κ2) is 4.33. The van der Waals surface area contributed by atoms with Crippen molar-refractivity contribution in [2.24, 2.45) is 0 Å². The first-order chi connectivity index (χ1) is 5.97. The molecule has 1 atom stereocenters. The minimum atomic E-state index is -4.70. The Morgan fingerprint density at radius 2 is 2.15 bits per heavy atom. The number of hydrogen-bond acceptors (Lipinski definition) is 2. The number of hydrogen-bond donors (Lipinski definition) is 0. The predicted octanol–water partition coefficient (Wildman–Crippen LogP) is 1.48. The topological polar surface area (TPSA) is 12.5 Å². The van der Waals surface area contributed by atoms with E-state index in [4.69, 9.17) is 4.74 Å². The second-order valence-corrected chi connectivity index (χ2v) is 3.57. The zero-order valence-corrected chi connectivity index (χ0v) is 7.68. The molecule has 1 aliphatic heterocycles. The maximum atomic E-state index is 12.0. The molecular weight excluding hydrogens is 182 g/mol. The molecule has 1 unspecified atom stereocenters. The summed E-state index contributed by atoms with van der Waals surface area (Å²) in [6.45, 7) is -3.62. The van der Waals surface area contributed by atoms with Crippen LogP contribution in [0.2, 0.25) is 0 Å². The molecule has 0 N–H and O–H groups in total. The van der Waals surface area contributed by atoms with Crippen LogP contribution in [0.4, 0.5) is 12.9 Å². The van der Waals surface area contributed by atoms with Crippen LogP contribution in [-0.4, -0.2) is 44.6 Å². The van der Waals surface area contributed by atoms with Gasteiger partial charge in [-0.1, -0.05) is 0 Å². The van der Waals surface area contributed by atoms with Crippen molar-refractivity contribution in [2.45, 2.75) is 18.9 Å². The SMILES string of the molecule is CN(CC1CCCO1)C[B-](F)(F)F. The van der Waals surface area contributed by atoms with Crippen LogP contribution in [0.5, 0.6) is 0 Å². The zero-order chi connectivity index (χ0) is 9.90. The molecule has 1 aliphatic rings. The fourth-order valence-electron chi connectivity index (χ4n) is 1.56. The summed E-state index contributed by atoms with van der Waals surface area (Å²) in [5, 5.41) is 0. The average molecular weight is 196 g/mol. The van der Waals surface area contributed by atoms with Gasteiger partial charge in [-0.15, -0.1) is 0 Å². The van der Waals surface area contributed by atoms with Crippen molar-refractivity contribution in [1.29, 1.82) is 0 Å². The van der Waals surface area contributed by atoms with E-state index in [9.17, 15) is 12.9 Å². The summed E-state index contributed by atoms with van der Waals surface area (Å²) >= 11 is 0. The molecule has 0 saturated carbocycles. The van der Waals surface area contributed by atoms with Gasteiger partial charge in [-0.25, -0.2) is 0 Å². The standard InChI is InChI=1S/C7H14BF3NO/c1-12(6-8(9,10)11)5-7-3-2-4-13-7/h7H,2-6H2,1H3/q-1. The van der Waals surface area contributed by atoms with Crippen molar-refractivity contribution in [3.63, 3.8) is 0 Å². The van der Waals surface area contributed by atoms with Gasteiger partial charge < -0.3 is 22.6 Å². The van der Waals surface area contributed by atoms with E-state index in [2.05, 4.69) is 0 Å². The van der Waals surface area contributed by atoms with E-state index in [0.29, 0.717) is 13.2 Å². The third-order valence-electron chi connectivity index (χ3n) is 2.06. The summed E-state index contributed by atoms with van der Waals surface area (Å²) in [5.41, 5.74) is 0. The lowest BCUT2D eigenvalue weighted by atomic mass is 9.91. The molecule has 13 heavy (non-hydrogen) atoms. The van der Waals surface area contributed by atoms with Crippen LogP contribution >= 0.6 is 0 Å². The number of likely N-dealkylation sites (N-methyl/N-ethyl adjacent to an activating group) is 1. The van der Waals surface area contributed by atoms with Gasteiger partial charge >= 0.3 is 6.98 Å². The van der Waals surface area contributed by atoms with Gasteiger partial charge in [-0.2, -0.15) is 0 Å². The van der Waals surface area contributed by atoms with Crippen LogP contribution in [0.1, 0.15) is 12.8 Å². The monoisotopic (exact) mass is 196 g/mol. The van der Waals surface area contributed by atoms with E-state index in [-0.39, 0.29) is 6.10 Å². The van der Waals surface area contributed by atoms with Gasteiger partial charge in [0.05, 0.1) is 6.10 Å². The van der Waals surface area contributed by atoms with E-state index < -0.39 is 13.4 Å². The van der Waals surface area contributed by atoms with Crippen LogP contribution in [0.3, 0.4) is 0 Å². The molecule has 1 saturated heterocycles. The smallest absolute Gasteiger partial charge is 0.448 e. The van der Waals surface area contributed by atoms with Crippen molar-refractivity contribution in [3.05, 3.63) is 0 Å². The van der Waals surface area contributed by atoms with Crippen molar-refractivity contribution in [1.82, 2.24) is 4.90 Å². The van der Waals surface area contributed by atoms with Crippen LogP contribution in [0.15, 0.2) is 0 Å². The molecule has 0 aromatic rings. The highest BCUT2D eigenvalue weighted by Gasteiger charge is 2.26. The summed E-state index contributed by atoms with van der Waals surface area (Å²) in [6.07, 6.45) is 1.06. The van der Waals surface area contributed by atoms with Gasteiger partial charge in [0.15, 0.2) is 0 Å². The van der Waals surface area contributed by atoms with Gasteiger partial charge in [-0.3, -0.25) is 0 Å². The molecule has 0 aromatic carbocycles. The maximum absolute atomic E-state index is 12.0. The van der Waals surface area contributed by atoms with Gasteiger partial charge in [0.1, 0.15) is 0 Å². The van der Waals surface area contributed by atoms with Gasteiger partial charge in [-0.05, 0) is 26.3 Å². The Kier molecular flexibility index (Phi) is 3.61. The number of rotatable bonds is 4. The molecule has 0 bridgehead atoms. The third-order valence-corrected chi connectivity index (χ3v) is 2.06. The normalized spacial score (nSPS) is 24.2. The quantitative estimate of drug-likeness (QED) is 0.631. The van der Waals surface area contributed by atoms with Crippen LogP contribution in [0.25, 0.3) is 0 Å². The molecule has 0 spiro atoms. The predicted molar refractivity (Wildman–Crippen MR) is 45.5 cm³/mol. The summed E-state index contributed by atoms with van der Waals surface area (Å²) in [5.74, 6) is 0. The highest BCUT2D eigenvalue weighted by Crippen LogP contribution is 2.15. The van der Waals surface area contributed by atoms with E-state index in [0.717, 1.165) is 12.8 Å². The molecule has 0 aliphatic carbocycles. The minimum absolute atomic E-state index is 0.00292. The Morgan fingerprint density at radius 3 is 2.62 bits per heavy atom. The highest BCUT2D eigenvalue weighted by molar-refractivity contribution is 6.58. The Morgan fingerprint density at radius 1 is 1.46 bits per heavy atom. The Hall–Kier alpha value is -0.225. The van der Waals surface area contributed by atoms with Gasteiger partial charge in [0.2, 0.25) is 0 Å². The molecule has 6 heteroatoms. The van der Waals surface area contributed by atoms with E-state index >= 15 is 0 Å². The molecule has 0 radical (unpaired) electrons. The fourth-order valence-corrected chi connectivity index (χ4v) is 1.56. The average Bonchev–Trinajstić information content (AvgIpc) is 2.34. The fraction of sp³-hybridized carbons (Fsp3) is 1.00. The number of ether oxygens (including phenoxy) is 1. The summed E-state index contributed by atoms with van der Waals surface area (Å²) in [6, 6.07) is 0. The van der Waals surface area contributed by atoms with Crippen LogP contribution < -0.4 is 0 Å². The highest BCUT2D eigenvalue weighted by atomic mass is 19.4. The van der Waals surface area contributed by atoms with Crippen molar-refractivity contribution < 1.29 is 17.7 Å². The zero-order valence-electron chi connectivity index (χ0n) is 7.68. The van der Waals surface area contributed by atoms with Crippen molar-refractivity contribution >= 4 is 6.98 Å². The number of nitrogens with zero attached hydrogens (tertiary/aromatic N) is 1. The maximum Gasteiger partial charge on any atom is 0.492 e. The first-order valence-electron chi connectivity index (χ1n) is 4.48. The molecule has 1 heterocycles. The Labute approximate surface area is 76.1 Å². The first kappa shape index (κ1) is 10.9. The van der Waals surface area contributed by atoms with Crippen LogP contribution in [0, 0.1) is 0 Å². The molecular formula is C7H14BF3NO-. The Bertz CT molecular complexity index is 158. The molecule has 0 amide bonds. The van der Waals surface area contributed by atoms with Gasteiger partial charge in [0, 0.05) is 13.2 Å².